The van der Waals surface area contributed by atoms with Gasteiger partial charge in [-0.3, -0.25) is 9.59 Å². The van der Waals surface area contributed by atoms with Crippen LogP contribution in [-0.2, 0) is 11.8 Å². The number of anilines is 1. The van der Waals surface area contributed by atoms with E-state index in [1.54, 1.807) is 6.20 Å². The van der Waals surface area contributed by atoms with Gasteiger partial charge >= 0.3 is 0 Å². The van der Waals surface area contributed by atoms with Crippen molar-refractivity contribution < 1.29 is 9.59 Å². The van der Waals surface area contributed by atoms with Gasteiger partial charge in [-0.1, -0.05) is 43.3 Å². The molecule has 1 atom stereocenters. The minimum atomic E-state index is -0.312. The number of rotatable bonds is 8. The van der Waals surface area contributed by atoms with Crippen LogP contribution in [0, 0.1) is 19.8 Å². The Bertz CT molecular complexity index is 1060. The summed E-state index contributed by atoms with van der Waals surface area (Å²) in [5.41, 5.74) is 1.70. The Morgan fingerprint density at radius 1 is 1.16 bits per heavy atom. The summed E-state index contributed by atoms with van der Waals surface area (Å²) >= 11 is 2.72. The van der Waals surface area contributed by atoms with Gasteiger partial charge in [-0.2, -0.15) is 0 Å². The van der Waals surface area contributed by atoms with Crippen molar-refractivity contribution in [3.05, 3.63) is 52.3 Å². The normalized spacial score (nSPS) is 12.1. The minimum absolute atomic E-state index is 0.103. The Morgan fingerprint density at radius 2 is 1.87 bits per heavy atom. The molecule has 31 heavy (non-hydrogen) atoms. The highest BCUT2D eigenvalue weighted by Crippen LogP contribution is 2.25. The standard InChI is InChI=1S/C21H26N6O2S2/c1-12(2)17(24-19(29)15-8-6-13(3)7-9-15)18-25-26-21(27(18)5)30-11-16(28)23-20-22-10-14(4)31-20/h6-10,12,17H,11H2,1-5H3,(H,24,29)(H,22,23,28). The fourth-order valence-corrected chi connectivity index (χ4v) is 4.28. The van der Waals surface area contributed by atoms with Crippen molar-refractivity contribution in [1.29, 1.82) is 0 Å². The van der Waals surface area contributed by atoms with Crippen LogP contribution in [0.1, 0.15) is 46.5 Å². The summed E-state index contributed by atoms with van der Waals surface area (Å²) in [4.78, 5) is 30.1. The van der Waals surface area contributed by atoms with E-state index >= 15 is 0 Å². The molecule has 164 valence electrons. The Labute approximate surface area is 189 Å². The van der Waals surface area contributed by atoms with Crippen molar-refractivity contribution in [2.45, 2.75) is 38.9 Å². The number of aromatic nitrogens is 4. The molecule has 3 aromatic rings. The molecule has 0 aliphatic carbocycles. The molecule has 0 spiro atoms. The molecule has 0 radical (unpaired) electrons. The lowest BCUT2D eigenvalue weighted by molar-refractivity contribution is -0.113. The number of thioether (sulfide) groups is 1. The van der Waals surface area contributed by atoms with E-state index < -0.39 is 0 Å². The lowest BCUT2D eigenvalue weighted by Crippen LogP contribution is -2.33. The average molecular weight is 459 g/mol. The molecular formula is C21H26N6O2S2. The van der Waals surface area contributed by atoms with Crippen LogP contribution in [0.25, 0.3) is 0 Å². The van der Waals surface area contributed by atoms with Gasteiger partial charge in [0.25, 0.3) is 5.91 Å². The zero-order valence-electron chi connectivity index (χ0n) is 18.2. The quantitative estimate of drug-likeness (QED) is 0.499. The number of aryl methyl sites for hydroxylation is 2. The number of carbonyl (C=O) groups excluding carboxylic acids is 2. The van der Waals surface area contributed by atoms with Gasteiger partial charge in [0.1, 0.15) is 0 Å². The summed E-state index contributed by atoms with van der Waals surface area (Å²) in [6.45, 7) is 7.96. The molecule has 8 nitrogen and oxygen atoms in total. The van der Waals surface area contributed by atoms with Gasteiger partial charge in [0.2, 0.25) is 5.91 Å². The number of hydrogen-bond acceptors (Lipinski definition) is 7. The smallest absolute Gasteiger partial charge is 0.251 e. The molecule has 0 saturated carbocycles. The summed E-state index contributed by atoms with van der Waals surface area (Å²) < 4.78 is 1.82. The number of carbonyl (C=O) groups is 2. The van der Waals surface area contributed by atoms with Crippen molar-refractivity contribution in [2.75, 3.05) is 11.1 Å². The van der Waals surface area contributed by atoms with Gasteiger partial charge in [-0.05, 0) is 31.9 Å². The van der Waals surface area contributed by atoms with Crippen molar-refractivity contribution >= 4 is 40.0 Å². The molecule has 1 aromatic carbocycles. The maximum absolute atomic E-state index is 12.7. The number of nitrogens with one attached hydrogen (secondary N) is 2. The molecule has 0 bridgehead atoms. The van der Waals surface area contributed by atoms with Crippen LogP contribution in [0.5, 0.6) is 0 Å². The maximum atomic E-state index is 12.7. The first-order valence-corrected chi connectivity index (χ1v) is 11.7. The fraction of sp³-hybridized carbons (Fsp3) is 0.381. The van der Waals surface area contributed by atoms with Crippen molar-refractivity contribution in [2.24, 2.45) is 13.0 Å². The molecule has 0 fully saturated rings. The van der Waals surface area contributed by atoms with Crippen LogP contribution in [0.4, 0.5) is 5.13 Å². The molecule has 0 aliphatic rings. The Hall–Kier alpha value is -2.72. The molecule has 2 amide bonds. The second-order valence-corrected chi connectivity index (χ2v) is 9.75. The zero-order chi connectivity index (χ0) is 22.5. The lowest BCUT2D eigenvalue weighted by Gasteiger charge is -2.21. The average Bonchev–Trinajstić information content (AvgIpc) is 3.29. The molecule has 0 saturated heterocycles. The predicted molar refractivity (Wildman–Crippen MR) is 123 cm³/mol. The fourth-order valence-electron chi connectivity index (χ4n) is 2.88. The van der Waals surface area contributed by atoms with Crippen LogP contribution in [-0.4, -0.2) is 37.3 Å². The SMILES string of the molecule is Cc1ccc(C(=O)NC(c2nnc(SCC(=O)Nc3ncc(C)s3)n2C)C(C)C)cc1. The highest BCUT2D eigenvalue weighted by Gasteiger charge is 2.25. The number of benzene rings is 1. The number of thiazole rings is 1. The van der Waals surface area contributed by atoms with E-state index in [0.717, 1.165) is 10.4 Å². The Kier molecular flexibility index (Phi) is 7.45. The van der Waals surface area contributed by atoms with Gasteiger partial charge in [0.15, 0.2) is 16.1 Å². The molecule has 1 unspecified atom stereocenters. The topological polar surface area (TPSA) is 102 Å². The van der Waals surface area contributed by atoms with Crippen molar-refractivity contribution in [3.8, 4) is 0 Å². The van der Waals surface area contributed by atoms with E-state index in [9.17, 15) is 9.59 Å². The molecular weight excluding hydrogens is 432 g/mol. The first-order valence-electron chi connectivity index (χ1n) is 9.86. The van der Waals surface area contributed by atoms with Crippen LogP contribution in [0.15, 0.2) is 35.6 Å². The van der Waals surface area contributed by atoms with E-state index in [0.29, 0.717) is 21.7 Å². The Morgan fingerprint density at radius 3 is 2.48 bits per heavy atom. The lowest BCUT2D eigenvalue weighted by atomic mass is 10.0. The number of amides is 2. The minimum Gasteiger partial charge on any atom is -0.342 e. The van der Waals surface area contributed by atoms with Gasteiger partial charge in [-0.15, -0.1) is 21.5 Å². The largest absolute Gasteiger partial charge is 0.342 e. The van der Waals surface area contributed by atoms with E-state index in [-0.39, 0.29) is 29.5 Å². The summed E-state index contributed by atoms with van der Waals surface area (Å²) in [5, 5.41) is 15.6. The number of hydrogen-bond donors (Lipinski definition) is 2. The highest BCUT2D eigenvalue weighted by molar-refractivity contribution is 7.99. The third-order valence-electron chi connectivity index (χ3n) is 4.61. The Balaban J connectivity index is 1.66. The first-order chi connectivity index (χ1) is 14.7. The van der Waals surface area contributed by atoms with Crippen LogP contribution < -0.4 is 10.6 Å². The van der Waals surface area contributed by atoms with Crippen LogP contribution in [0.2, 0.25) is 0 Å². The van der Waals surface area contributed by atoms with E-state index in [1.165, 1.54) is 23.1 Å². The predicted octanol–water partition coefficient (Wildman–Crippen LogP) is 3.75. The zero-order valence-corrected chi connectivity index (χ0v) is 19.8. The third-order valence-corrected chi connectivity index (χ3v) is 6.46. The summed E-state index contributed by atoms with van der Waals surface area (Å²) in [6.07, 6.45) is 1.72. The van der Waals surface area contributed by atoms with E-state index in [4.69, 9.17) is 0 Å². The molecule has 2 N–H and O–H groups in total. The molecule has 2 heterocycles. The number of nitrogens with zero attached hydrogens (tertiary/aromatic N) is 4. The van der Waals surface area contributed by atoms with Crippen molar-refractivity contribution in [3.63, 3.8) is 0 Å². The van der Waals surface area contributed by atoms with Crippen molar-refractivity contribution in [1.82, 2.24) is 25.1 Å². The van der Waals surface area contributed by atoms with Gasteiger partial charge in [-0.25, -0.2) is 4.98 Å². The van der Waals surface area contributed by atoms with Crippen LogP contribution in [0.3, 0.4) is 0 Å². The third kappa shape index (κ3) is 5.92. The van der Waals surface area contributed by atoms with Gasteiger partial charge in [0.05, 0.1) is 11.8 Å². The molecule has 10 heteroatoms. The summed E-state index contributed by atoms with van der Waals surface area (Å²) in [5.74, 6) is 0.624. The molecule has 3 rings (SSSR count). The van der Waals surface area contributed by atoms with E-state index in [2.05, 4.69) is 25.8 Å². The molecule has 2 aromatic heterocycles. The molecule has 0 aliphatic heterocycles. The highest BCUT2D eigenvalue weighted by atomic mass is 32.2. The summed E-state index contributed by atoms with van der Waals surface area (Å²) in [7, 11) is 1.84. The second kappa shape index (κ2) is 10.1. The van der Waals surface area contributed by atoms with Gasteiger partial charge in [0, 0.05) is 23.7 Å². The second-order valence-electron chi connectivity index (χ2n) is 7.57. The monoisotopic (exact) mass is 458 g/mol. The van der Waals surface area contributed by atoms with Gasteiger partial charge < -0.3 is 15.2 Å². The van der Waals surface area contributed by atoms with Crippen LogP contribution >= 0.6 is 23.1 Å². The van der Waals surface area contributed by atoms with E-state index in [1.807, 2.05) is 63.6 Å². The summed E-state index contributed by atoms with van der Waals surface area (Å²) in [6, 6.07) is 7.13. The first kappa shape index (κ1) is 23.0. The maximum Gasteiger partial charge on any atom is 0.251 e.